The number of aliphatic hydroxyl groups excluding tert-OH is 1. The van der Waals surface area contributed by atoms with Gasteiger partial charge in [-0.25, -0.2) is 0 Å². The lowest BCUT2D eigenvalue weighted by Crippen LogP contribution is -2.46. The highest BCUT2D eigenvalue weighted by atomic mass is 16.3. The minimum atomic E-state index is 0.233. The summed E-state index contributed by atoms with van der Waals surface area (Å²) >= 11 is 0. The molecule has 1 atom stereocenters. The quantitative estimate of drug-likeness (QED) is 0.723. The van der Waals surface area contributed by atoms with E-state index in [1.807, 2.05) is 0 Å². The smallest absolute Gasteiger partial charge is 0.0584 e. The highest BCUT2D eigenvalue weighted by Gasteiger charge is 2.32. The molecule has 1 fully saturated rings. The van der Waals surface area contributed by atoms with Crippen LogP contribution >= 0.6 is 0 Å². The third-order valence-corrected chi connectivity index (χ3v) is 3.95. The molecule has 3 heteroatoms. The van der Waals surface area contributed by atoms with Crippen LogP contribution in [0, 0.1) is 5.41 Å². The summed E-state index contributed by atoms with van der Waals surface area (Å²) < 4.78 is 0. The number of likely N-dealkylation sites (N-methyl/N-ethyl adjacent to an activating group) is 1. The molecule has 90 valence electrons. The van der Waals surface area contributed by atoms with E-state index < -0.39 is 0 Å². The Labute approximate surface area is 93.6 Å². The van der Waals surface area contributed by atoms with Crippen molar-refractivity contribution in [1.29, 1.82) is 0 Å². The van der Waals surface area contributed by atoms with Crippen molar-refractivity contribution in [2.45, 2.75) is 45.1 Å². The van der Waals surface area contributed by atoms with Crippen LogP contribution in [0.1, 0.15) is 39.0 Å². The normalized spacial score (nSPS) is 23.0. The van der Waals surface area contributed by atoms with Gasteiger partial charge in [-0.3, -0.25) is 0 Å². The molecule has 1 unspecified atom stereocenters. The Morgan fingerprint density at radius 3 is 2.40 bits per heavy atom. The van der Waals surface area contributed by atoms with Gasteiger partial charge in [-0.15, -0.1) is 0 Å². The molecular weight excluding hydrogens is 188 g/mol. The Kier molecular flexibility index (Phi) is 5.03. The fraction of sp³-hybridized carbons (Fsp3) is 1.00. The van der Waals surface area contributed by atoms with Crippen molar-refractivity contribution in [2.24, 2.45) is 11.1 Å². The molecule has 1 aliphatic rings. The van der Waals surface area contributed by atoms with E-state index in [1.165, 1.54) is 32.1 Å². The molecule has 3 nitrogen and oxygen atoms in total. The molecule has 0 aromatic rings. The van der Waals surface area contributed by atoms with Crippen LogP contribution in [0.2, 0.25) is 0 Å². The molecule has 0 aromatic carbocycles. The molecule has 0 amide bonds. The average molecular weight is 214 g/mol. The zero-order chi connectivity index (χ0) is 11.3. The van der Waals surface area contributed by atoms with E-state index >= 15 is 0 Å². The summed E-state index contributed by atoms with van der Waals surface area (Å²) in [5, 5.41) is 9.12. The highest BCUT2D eigenvalue weighted by Crippen LogP contribution is 2.36. The molecule has 1 aliphatic carbocycles. The first-order valence-electron chi connectivity index (χ1n) is 6.15. The molecule has 0 bridgehead atoms. The van der Waals surface area contributed by atoms with E-state index in [0.717, 1.165) is 13.1 Å². The number of hydrogen-bond donors (Lipinski definition) is 2. The lowest BCUT2D eigenvalue weighted by atomic mass is 9.73. The van der Waals surface area contributed by atoms with Crippen molar-refractivity contribution in [3.05, 3.63) is 0 Å². The maximum atomic E-state index is 9.12. The second-order valence-electron chi connectivity index (χ2n) is 5.21. The monoisotopic (exact) mass is 214 g/mol. The van der Waals surface area contributed by atoms with Crippen LogP contribution < -0.4 is 5.73 Å². The number of nitrogens with zero attached hydrogens (tertiary/aromatic N) is 1. The fourth-order valence-electron chi connectivity index (χ4n) is 2.55. The predicted molar refractivity (Wildman–Crippen MR) is 63.8 cm³/mol. The lowest BCUT2D eigenvalue weighted by molar-refractivity contribution is 0.0812. The van der Waals surface area contributed by atoms with Crippen molar-refractivity contribution in [3.8, 4) is 0 Å². The zero-order valence-corrected chi connectivity index (χ0v) is 10.2. The molecule has 0 heterocycles. The molecule has 0 spiro atoms. The van der Waals surface area contributed by atoms with Gasteiger partial charge < -0.3 is 15.7 Å². The summed E-state index contributed by atoms with van der Waals surface area (Å²) in [5.41, 5.74) is 6.25. The molecule has 3 N–H and O–H groups in total. The third kappa shape index (κ3) is 3.44. The Morgan fingerprint density at radius 1 is 1.33 bits per heavy atom. The van der Waals surface area contributed by atoms with E-state index in [4.69, 9.17) is 10.8 Å². The molecule has 0 aliphatic heterocycles. The van der Waals surface area contributed by atoms with Gasteiger partial charge in [0, 0.05) is 12.6 Å². The van der Waals surface area contributed by atoms with Gasteiger partial charge in [0.2, 0.25) is 0 Å². The molecule has 1 rings (SSSR count). The van der Waals surface area contributed by atoms with Crippen LogP contribution in [0.25, 0.3) is 0 Å². The molecule has 0 aromatic heterocycles. The van der Waals surface area contributed by atoms with Crippen LogP contribution in [0.15, 0.2) is 0 Å². The standard InChI is InChI=1S/C12H26N2O/c1-11(8-15)14(2)10-12(9-13)6-4-3-5-7-12/h11,15H,3-10,13H2,1-2H3. The van der Waals surface area contributed by atoms with E-state index in [9.17, 15) is 0 Å². The second kappa shape index (κ2) is 5.83. The predicted octanol–water partition coefficient (Wildman–Crippen LogP) is 1.21. The third-order valence-electron chi connectivity index (χ3n) is 3.95. The number of hydrogen-bond acceptors (Lipinski definition) is 3. The fourth-order valence-corrected chi connectivity index (χ4v) is 2.55. The van der Waals surface area contributed by atoms with Crippen LogP contribution in [0.5, 0.6) is 0 Å². The first kappa shape index (κ1) is 12.9. The second-order valence-corrected chi connectivity index (χ2v) is 5.21. The van der Waals surface area contributed by atoms with Gasteiger partial charge in [-0.05, 0) is 38.8 Å². The summed E-state index contributed by atoms with van der Waals surface area (Å²) in [6.07, 6.45) is 6.51. The summed E-state index contributed by atoms with van der Waals surface area (Å²) in [6, 6.07) is 0.246. The van der Waals surface area contributed by atoms with Gasteiger partial charge in [0.05, 0.1) is 6.61 Å². The minimum absolute atomic E-state index is 0.233. The molecule has 0 radical (unpaired) electrons. The van der Waals surface area contributed by atoms with Gasteiger partial charge in [-0.2, -0.15) is 0 Å². The number of rotatable bonds is 5. The SMILES string of the molecule is CC(CO)N(C)CC1(CN)CCCCC1. The molecule has 0 saturated heterocycles. The first-order chi connectivity index (χ1) is 7.13. The first-order valence-corrected chi connectivity index (χ1v) is 6.15. The maximum absolute atomic E-state index is 9.12. The van der Waals surface area contributed by atoms with Crippen LogP contribution in [-0.4, -0.2) is 42.8 Å². The Hall–Kier alpha value is -0.120. The van der Waals surface area contributed by atoms with Gasteiger partial charge in [0.15, 0.2) is 0 Å². The van der Waals surface area contributed by atoms with E-state index in [2.05, 4.69) is 18.9 Å². The molecule has 15 heavy (non-hydrogen) atoms. The summed E-state index contributed by atoms with van der Waals surface area (Å²) in [4.78, 5) is 2.25. The van der Waals surface area contributed by atoms with Crippen molar-refractivity contribution < 1.29 is 5.11 Å². The summed E-state index contributed by atoms with van der Waals surface area (Å²) in [6.45, 7) is 4.12. The summed E-state index contributed by atoms with van der Waals surface area (Å²) in [5.74, 6) is 0. The van der Waals surface area contributed by atoms with Crippen LogP contribution in [0.3, 0.4) is 0 Å². The van der Waals surface area contributed by atoms with Crippen molar-refractivity contribution in [2.75, 3.05) is 26.7 Å². The Balaban J connectivity index is 2.51. The average Bonchev–Trinajstić information content (AvgIpc) is 2.29. The minimum Gasteiger partial charge on any atom is -0.395 e. The zero-order valence-electron chi connectivity index (χ0n) is 10.2. The van der Waals surface area contributed by atoms with E-state index in [0.29, 0.717) is 5.41 Å². The topological polar surface area (TPSA) is 49.5 Å². The Morgan fingerprint density at radius 2 is 1.93 bits per heavy atom. The molecule has 1 saturated carbocycles. The van der Waals surface area contributed by atoms with E-state index in [1.54, 1.807) is 0 Å². The van der Waals surface area contributed by atoms with Crippen LogP contribution in [-0.2, 0) is 0 Å². The number of aliphatic hydroxyl groups is 1. The lowest BCUT2D eigenvalue weighted by Gasteiger charge is -2.40. The maximum Gasteiger partial charge on any atom is 0.0584 e. The Bertz CT molecular complexity index is 178. The molecular formula is C12H26N2O. The largest absolute Gasteiger partial charge is 0.395 e. The summed E-state index contributed by atoms with van der Waals surface area (Å²) in [7, 11) is 2.09. The van der Waals surface area contributed by atoms with E-state index in [-0.39, 0.29) is 12.6 Å². The van der Waals surface area contributed by atoms with Crippen molar-refractivity contribution >= 4 is 0 Å². The van der Waals surface area contributed by atoms with Crippen molar-refractivity contribution in [1.82, 2.24) is 4.90 Å². The van der Waals surface area contributed by atoms with Gasteiger partial charge >= 0.3 is 0 Å². The number of nitrogens with two attached hydrogens (primary N) is 1. The van der Waals surface area contributed by atoms with Gasteiger partial charge in [0.25, 0.3) is 0 Å². The highest BCUT2D eigenvalue weighted by molar-refractivity contribution is 4.87. The van der Waals surface area contributed by atoms with Crippen molar-refractivity contribution in [3.63, 3.8) is 0 Å². The van der Waals surface area contributed by atoms with Gasteiger partial charge in [0.1, 0.15) is 0 Å². The van der Waals surface area contributed by atoms with Crippen LogP contribution in [0.4, 0.5) is 0 Å². The van der Waals surface area contributed by atoms with Gasteiger partial charge in [-0.1, -0.05) is 19.3 Å².